The molecule has 86 valence electrons. The Labute approximate surface area is 96.0 Å². The van der Waals surface area contributed by atoms with Crippen LogP contribution in [0.3, 0.4) is 0 Å². The Morgan fingerprint density at radius 1 is 1.12 bits per heavy atom. The number of hydrogen-bond donors (Lipinski definition) is 1. The Balaban J connectivity index is 2.51. The van der Waals surface area contributed by atoms with Crippen molar-refractivity contribution in [2.24, 2.45) is 5.16 Å². The van der Waals surface area contributed by atoms with Crippen molar-refractivity contribution in [3.63, 3.8) is 0 Å². The second-order valence-electron chi connectivity index (χ2n) is 3.31. The summed E-state index contributed by atoms with van der Waals surface area (Å²) >= 11 is 0. The average molecular weight is 234 g/mol. The molecule has 0 spiro atoms. The van der Waals surface area contributed by atoms with Crippen LogP contribution in [0.25, 0.3) is 0 Å². The second-order valence-corrected chi connectivity index (χ2v) is 3.31. The molecule has 0 bridgehead atoms. The first-order valence-electron chi connectivity index (χ1n) is 4.80. The zero-order valence-corrected chi connectivity index (χ0v) is 8.64. The van der Waals surface area contributed by atoms with E-state index in [0.717, 1.165) is 12.1 Å². The molecule has 0 amide bonds. The van der Waals surface area contributed by atoms with Crippen LogP contribution in [-0.4, -0.2) is 15.9 Å². The van der Waals surface area contributed by atoms with Crippen LogP contribution in [0.15, 0.2) is 47.9 Å². The lowest BCUT2D eigenvalue weighted by molar-refractivity contribution is 0.319. The highest BCUT2D eigenvalue weighted by Gasteiger charge is 2.13. The quantitative estimate of drug-likeness (QED) is 0.493. The highest BCUT2D eigenvalue weighted by atomic mass is 19.1. The molecule has 0 radical (unpaired) electrons. The van der Waals surface area contributed by atoms with Crippen molar-refractivity contribution in [2.75, 3.05) is 0 Å². The lowest BCUT2D eigenvalue weighted by Gasteiger charge is -2.05. The maximum atomic E-state index is 13.5. The van der Waals surface area contributed by atoms with Crippen LogP contribution in [0.4, 0.5) is 8.78 Å². The Morgan fingerprint density at radius 3 is 2.41 bits per heavy atom. The summed E-state index contributed by atoms with van der Waals surface area (Å²) in [5, 5.41) is 12.0. The minimum Gasteiger partial charge on any atom is -0.410 e. The van der Waals surface area contributed by atoms with Gasteiger partial charge in [0, 0.05) is 29.6 Å². The Hall–Kier alpha value is -2.30. The summed E-state index contributed by atoms with van der Waals surface area (Å²) in [6.45, 7) is 0. The number of halogens is 2. The van der Waals surface area contributed by atoms with E-state index in [0.29, 0.717) is 5.56 Å². The summed E-state index contributed by atoms with van der Waals surface area (Å²) < 4.78 is 26.3. The fourth-order valence-electron chi connectivity index (χ4n) is 1.46. The van der Waals surface area contributed by atoms with Crippen LogP contribution in [0.2, 0.25) is 0 Å². The highest BCUT2D eigenvalue weighted by Crippen LogP contribution is 2.15. The zero-order chi connectivity index (χ0) is 12.3. The number of oxime groups is 1. The zero-order valence-electron chi connectivity index (χ0n) is 8.64. The Kier molecular flexibility index (Phi) is 3.09. The van der Waals surface area contributed by atoms with E-state index in [1.54, 1.807) is 12.1 Å². The summed E-state index contributed by atoms with van der Waals surface area (Å²) in [5.41, 5.74) is 0.554. The molecule has 0 saturated heterocycles. The summed E-state index contributed by atoms with van der Waals surface area (Å²) in [7, 11) is 0. The Morgan fingerprint density at radius 2 is 1.82 bits per heavy atom. The number of rotatable bonds is 2. The van der Waals surface area contributed by atoms with Gasteiger partial charge in [-0.05, 0) is 24.3 Å². The molecule has 0 atom stereocenters. The first-order valence-corrected chi connectivity index (χ1v) is 4.80. The summed E-state index contributed by atoms with van der Waals surface area (Å²) in [5.74, 6) is -1.46. The molecule has 0 aliphatic heterocycles. The molecule has 17 heavy (non-hydrogen) atoms. The average Bonchev–Trinajstić information content (AvgIpc) is 2.34. The van der Waals surface area contributed by atoms with Gasteiger partial charge in [-0.2, -0.15) is 0 Å². The third-order valence-corrected chi connectivity index (χ3v) is 2.24. The van der Waals surface area contributed by atoms with Crippen molar-refractivity contribution < 1.29 is 14.0 Å². The van der Waals surface area contributed by atoms with Gasteiger partial charge in [-0.1, -0.05) is 5.16 Å². The van der Waals surface area contributed by atoms with Crippen molar-refractivity contribution in [3.05, 3.63) is 65.5 Å². The number of benzene rings is 1. The fraction of sp³-hybridized carbons (Fsp3) is 0. The summed E-state index contributed by atoms with van der Waals surface area (Å²) in [6, 6.07) is 6.20. The normalized spacial score (nSPS) is 11.5. The van der Waals surface area contributed by atoms with Crippen molar-refractivity contribution in [1.82, 2.24) is 4.98 Å². The monoisotopic (exact) mass is 234 g/mol. The lowest BCUT2D eigenvalue weighted by atomic mass is 10.0. The molecular weight excluding hydrogens is 226 g/mol. The van der Waals surface area contributed by atoms with Crippen molar-refractivity contribution in [3.8, 4) is 0 Å². The molecular formula is C12H8F2N2O. The highest BCUT2D eigenvalue weighted by molar-refractivity contribution is 6.12. The van der Waals surface area contributed by atoms with Crippen LogP contribution in [-0.2, 0) is 0 Å². The predicted molar refractivity (Wildman–Crippen MR) is 58.0 cm³/mol. The van der Waals surface area contributed by atoms with Gasteiger partial charge < -0.3 is 5.21 Å². The van der Waals surface area contributed by atoms with Crippen molar-refractivity contribution >= 4 is 5.71 Å². The van der Waals surface area contributed by atoms with Gasteiger partial charge in [-0.25, -0.2) is 8.78 Å². The minimum absolute atomic E-state index is 0.0279. The summed E-state index contributed by atoms with van der Waals surface area (Å²) in [6.07, 6.45) is 2.98. The maximum absolute atomic E-state index is 13.5. The van der Waals surface area contributed by atoms with E-state index in [1.165, 1.54) is 18.5 Å². The Bertz CT molecular complexity index is 556. The van der Waals surface area contributed by atoms with Crippen LogP contribution in [0.5, 0.6) is 0 Å². The first-order chi connectivity index (χ1) is 8.22. The molecule has 0 aliphatic carbocycles. The van der Waals surface area contributed by atoms with E-state index in [2.05, 4.69) is 10.1 Å². The molecule has 2 rings (SSSR count). The van der Waals surface area contributed by atoms with Crippen LogP contribution < -0.4 is 0 Å². The maximum Gasteiger partial charge on any atom is 0.135 e. The van der Waals surface area contributed by atoms with E-state index in [1.807, 2.05) is 0 Å². The molecule has 0 aliphatic rings. The van der Waals surface area contributed by atoms with E-state index >= 15 is 0 Å². The van der Waals surface area contributed by atoms with Gasteiger partial charge in [0.25, 0.3) is 0 Å². The molecule has 1 aromatic heterocycles. The topological polar surface area (TPSA) is 45.5 Å². The van der Waals surface area contributed by atoms with Gasteiger partial charge >= 0.3 is 0 Å². The third kappa shape index (κ3) is 2.28. The van der Waals surface area contributed by atoms with Gasteiger partial charge in [0.1, 0.15) is 17.3 Å². The van der Waals surface area contributed by atoms with Gasteiger partial charge in [-0.3, -0.25) is 4.98 Å². The molecule has 1 heterocycles. The lowest BCUT2D eigenvalue weighted by Crippen LogP contribution is -2.06. The van der Waals surface area contributed by atoms with E-state index in [4.69, 9.17) is 5.21 Å². The van der Waals surface area contributed by atoms with Crippen LogP contribution in [0.1, 0.15) is 11.1 Å². The molecule has 3 nitrogen and oxygen atoms in total. The SMILES string of the molecule is O/N=C(/c1ccncc1)c1ccc(F)cc1F. The van der Waals surface area contributed by atoms with E-state index < -0.39 is 11.6 Å². The fourth-order valence-corrected chi connectivity index (χ4v) is 1.46. The molecule has 0 fully saturated rings. The molecule has 0 unspecified atom stereocenters. The smallest absolute Gasteiger partial charge is 0.135 e. The van der Waals surface area contributed by atoms with Crippen LogP contribution >= 0.6 is 0 Å². The number of hydrogen-bond acceptors (Lipinski definition) is 3. The molecule has 2 aromatic rings. The van der Waals surface area contributed by atoms with Gasteiger partial charge in [0.2, 0.25) is 0 Å². The first kappa shape index (κ1) is 11.2. The molecule has 1 aromatic carbocycles. The largest absolute Gasteiger partial charge is 0.410 e. The molecule has 0 saturated carbocycles. The number of pyridine rings is 1. The van der Waals surface area contributed by atoms with Crippen molar-refractivity contribution in [2.45, 2.75) is 0 Å². The second kappa shape index (κ2) is 4.69. The predicted octanol–water partition coefficient (Wildman–Crippen LogP) is 2.59. The third-order valence-electron chi connectivity index (χ3n) is 2.24. The van der Waals surface area contributed by atoms with Gasteiger partial charge in [0.15, 0.2) is 0 Å². The molecule has 1 N–H and O–H groups in total. The number of aromatic nitrogens is 1. The standard InChI is InChI=1S/C12H8F2N2O/c13-9-1-2-10(11(14)7-9)12(16-17)8-3-5-15-6-4-8/h1-7,17H/b16-12-. The van der Waals surface area contributed by atoms with Gasteiger partial charge in [0.05, 0.1) is 0 Å². The van der Waals surface area contributed by atoms with Crippen LogP contribution in [0, 0.1) is 11.6 Å². The van der Waals surface area contributed by atoms with E-state index in [-0.39, 0.29) is 11.3 Å². The molecule has 5 heteroatoms. The minimum atomic E-state index is -0.783. The number of nitrogens with zero attached hydrogens (tertiary/aromatic N) is 2. The van der Waals surface area contributed by atoms with Crippen molar-refractivity contribution in [1.29, 1.82) is 0 Å². The van der Waals surface area contributed by atoms with E-state index in [9.17, 15) is 8.78 Å². The summed E-state index contributed by atoms with van der Waals surface area (Å²) in [4.78, 5) is 3.80. The van der Waals surface area contributed by atoms with Gasteiger partial charge in [-0.15, -0.1) is 0 Å².